The summed E-state index contributed by atoms with van der Waals surface area (Å²) in [6.45, 7) is 3.03. The fourth-order valence-electron chi connectivity index (χ4n) is 3.13. The number of carbonyl (C=O) groups is 1. The van der Waals surface area contributed by atoms with Gasteiger partial charge in [-0.15, -0.1) is 12.4 Å². The molecule has 0 radical (unpaired) electrons. The predicted octanol–water partition coefficient (Wildman–Crippen LogP) is 2.61. The summed E-state index contributed by atoms with van der Waals surface area (Å²) >= 11 is 0. The van der Waals surface area contributed by atoms with Crippen molar-refractivity contribution in [3.63, 3.8) is 0 Å². The number of piperidine rings is 1. The van der Waals surface area contributed by atoms with Gasteiger partial charge in [0, 0.05) is 23.9 Å². The summed E-state index contributed by atoms with van der Waals surface area (Å²) in [7, 11) is 0. The lowest BCUT2D eigenvalue weighted by Crippen LogP contribution is -2.43. The van der Waals surface area contributed by atoms with Gasteiger partial charge < -0.3 is 10.6 Å². The van der Waals surface area contributed by atoms with Crippen molar-refractivity contribution in [1.29, 1.82) is 0 Å². The van der Waals surface area contributed by atoms with Crippen LogP contribution < -0.4 is 10.6 Å². The van der Waals surface area contributed by atoms with E-state index in [9.17, 15) is 9.18 Å². The van der Waals surface area contributed by atoms with Crippen LogP contribution in [0.4, 0.5) is 4.39 Å². The maximum atomic E-state index is 13.2. The third-order valence-corrected chi connectivity index (χ3v) is 4.39. The second-order valence-electron chi connectivity index (χ2n) is 6.09. The molecule has 2 N–H and O–H groups in total. The number of hydrogen-bond acceptors (Lipinski definition) is 2. The first kappa shape index (κ1) is 16.2. The highest BCUT2D eigenvalue weighted by atomic mass is 35.5. The summed E-state index contributed by atoms with van der Waals surface area (Å²) in [6.07, 6.45) is 2.74. The van der Waals surface area contributed by atoms with Crippen LogP contribution in [0.3, 0.4) is 0 Å². The normalized spacial score (nSPS) is 31.1. The van der Waals surface area contributed by atoms with Crippen LogP contribution in [0.15, 0.2) is 24.3 Å². The molecule has 1 heterocycles. The molecule has 2 unspecified atom stereocenters. The van der Waals surface area contributed by atoms with Gasteiger partial charge in [0.1, 0.15) is 5.82 Å². The van der Waals surface area contributed by atoms with Crippen LogP contribution >= 0.6 is 12.4 Å². The summed E-state index contributed by atoms with van der Waals surface area (Å²) in [4.78, 5) is 12.2. The first-order valence-corrected chi connectivity index (χ1v) is 7.42. The van der Waals surface area contributed by atoms with E-state index in [1.54, 1.807) is 12.1 Å². The van der Waals surface area contributed by atoms with E-state index in [2.05, 4.69) is 17.6 Å². The largest absolute Gasteiger partial charge is 0.352 e. The Bertz CT molecular complexity index is 511. The number of halogens is 2. The van der Waals surface area contributed by atoms with E-state index in [1.807, 2.05) is 6.07 Å². The molecule has 1 aromatic carbocycles. The van der Waals surface area contributed by atoms with E-state index in [1.165, 1.54) is 6.07 Å². The molecule has 1 aliphatic heterocycles. The van der Waals surface area contributed by atoms with Crippen LogP contribution in [0.25, 0.3) is 0 Å². The number of rotatable bonds is 3. The molecule has 3 nitrogen and oxygen atoms in total. The van der Waals surface area contributed by atoms with Crippen molar-refractivity contribution in [3.05, 3.63) is 35.6 Å². The van der Waals surface area contributed by atoms with Crippen LogP contribution in [0.5, 0.6) is 0 Å². The van der Waals surface area contributed by atoms with E-state index in [-0.39, 0.29) is 42.0 Å². The third-order valence-electron chi connectivity index (χ3n) is 4.39. The third kappa shape index (κ3) is 3.95. The topological polar surface area (TPSA) is 41.1 Å². The molecule has 3 rings (SSSR count). The second kappa shape index (κ2) is 6.75. The van der Waals surface area contributed by atoms with Crippen LogP contribution in [-0.2, 0) is 4.79 Å². The molecular weight excluding hydrogens is 291 g/mol. The Kier molecular flexibility index (Phi) is 5.22. The van der Waals surface area contributed by atoms with Crippen molar-refractivity contribution in [1.82, 2.24) is 10.6 Å². The van der Waals surface area contributed by atoms with Crippen molar-refractivity contribution in [2.24, 2.45) is 5.92 Å². The molecule has 4 atom stereocenters. The van der Waals surface area contributed by atoms with Gasteiger partial charge in [-0.25, -0.2) is 4.39 Å². The van der Waals surface area contributed by atoms with Gasteiger partial charge in [0.25, 0.3) is 0 Å². The fourth-order valence-corrected chi connectivity index (χ4v) is 3.13. The van der Waals surface area contributed by atoms with Gasteiger partial charge in [0.05, 0.1) is 0 Å². The molecule has 2 aliphatic rings. The van der Waals surface area contributed by atoms with Crippen molar-refractivity contribution in [3.8, 4) is 0 Å². The fraction of sp³-hybridized carbons (Fsp3) is 0.562. The molecule has 21 heavy (non-hydrogen) atoms. The number of carbonyl (C=O) groups excluding carboxylic acids is 1. The van der Waals surface area contributed by atoms with Crippen molar-refractivity contribution in [2.75, 3.05) is 6.54 Å². The molecule has 116 valence electrons. The van der Waals surface area contributed by atoms with Gasteiger partial charge in [-0.1, -0.05) is 12.1 Å². The Morgan fingerprint density at radius 1 is 1.38 bits per heavy atom. The quantitative estimate of drug-likeness (QED) is 0.901. The monoisotopic (exact) mass is 312 g/mol. The zero-order valence-corrected chi connectivity index (χ0v) is 13.0. The molecule has 1 amide bonds. The first-order valence-electron chi connectivity index (χ1n) is 7.42. The second-order valence-corrected chi connectivity index (χ2v) is 6.09. The van der Waals surface area contributed by atoms with Gasteiger partial charge in [0.15, 0.2) is 0 Å². The summed E-state index contributed by atoms with van der Waals surface area (Å²) in [5, 5.41) is 6.48. The number of amides is 1. The van der Waals surface area contributed by atoms with Gasteiger partial charge >= 0.3 is 0 Å². The van der Waals surface area contributed by atoms with E-state index >= 15 is 0 Å². The van der Waals surface area contributed by atoms with Crippen LogP contribution in [-0.4, -0.2) is 24.5 Å². The summed E-state index contributed by atoms with van der Waals surface area (Å²) < 4.78 is 13.2. The molecule has 1 saturated carbocycles. The molecule has 2 fully saturated rings. The lowest BCUT2D eigenvalue weighted by atomic mass is 9.92. The van der Waals surface area contributed by atoms with E-state index < -0.39 is 0 Å². The molecule has 0 spiro atoms. The Hall–Kier alpha value is -1.13. The van der Waals surface area contributed by atoms with Crippen molar-refractivity contribution < 1.29 is 9.18 Å². The zero-order chi connectivity index (χ0) is 14.1. The van der Waals surface area contributed by atoms with E-state index in [0.29, 0.717) is 6.04 Å². The average Bonchev–Trinajstić information content (AvgIpc) is 3.18. The summed E-state index contributed by atoms with van der Waals surface area (Å²) in [5.74, 6) is 0.378. The van der Waals surface area contributed by atoms with E-state index in [4.69, 9.17) is 0 Å². The van der Waals surface area contributed by atoms with Gasteiger partial charge in [-0.3, -0.25) is 4.79 Å². The van der Waals surface area contributed by atoms with Crippen molar-refractivity contribution in [2.45, 2.75) is 44.2 Å². The van der Waals surface area contributed by atoms with Gasteiger partial charge in [0.2, 0.25) is 5.91 Å². The number of nitrogens with one attached hydrogen (secondary N) is 2. The summed E-state index contributed by atoms with van der Waals surface area (Å²) in [5.41, 5.74) is 0.994. The standard InChI is InChI=1S/C16H21FN2O.ClH/c1-10-7-12(5-6-18-10)16(20)19-15-9-14(15)11-3-2-4-13(17)8-11;/h2-4,8,10,12,14-15,18H,5-7,9H2,1H3,(H,19,20);1H/t10-,12-,14?,15?;/m0./s1. The maximum absolute atomic E-state index is 13.2. The summed E-state index contributed by atoms with van der Waals surface area (Å²) in [6, 6.07) is 7.30. The van der Waals surface area contributed by atoms with E-state index in [0.717, 1.165) is 31.4 Å². The molecule has 0 aromatic heterocycles. The first-order chi connectivity index (χ1) is 9.63. The molecule has 0 bridgehead atoms. The maximum Gasteiger partial charge on any atom is 0.223 e. The Labute approximate surface area is 131 Å². The minimum atomic E-state index is -0.202. The highest BCUT2D eigenvalue weighted by Crippen LogP contribution is 2.41. The van der Waals surface area contributed by atoms with Crippen LogP contribution in [0.2, 0.25) is 0 Å². The van der Waals surface area contributed by atoms with Crippen LogP contribution in [0.1, 0.15) is 37.7 Å². The smallest absolute Gasteiger partial charge is 0.223 e. The average molecular weight is 313 g/mol. The highest BCUT2D eigenvalue weighted by Gasteiger charge is 2.40. The van der Waals surface area contributed by atoms with Gasteiger partial charge in [-0.05, 0) is 50.4 Å². The predicted molar refractivity (Wildman–Crippen MR) is 83.1 cm³/mol. The lowest BCUT2D eigenvalue weighted by Gasteiger charge is -2.27. The Morgan fingerprint density at radius 2 is 2.19 bits per heavy atom. The van der Waals surface area contributed by atoms with Crippen molar-refractivity contribution >= 4 is 18.3 Å². The molecule has 1 aromatic rings. The van der Waals surface area contributed by atoms with Gasteiger partial charge in [-0.2, -0.15) is 0 Å². The molecule has 1 saturated heterocycles. The molecule has 5 heteroatoms. The molecule has 1 aliphatic carbocycles. The lowest BCUT2D eigenvalue weighted by molar-refractivity contribution is -0.126. The Morgan fingerprint density at radius 3 is 2.90 bits per heavy atom. The molecular formula is C16H22ClFN2O. The SMILES string of the molecule is C[C@H]1C[C@@H](C(=O)NC2CC2c2cccc(F)c2)CCN1.Cl. The highest BCUT2D eigenvalue weighted by molar-refractivity contribution is 5.85. The Balaban J connectivity index is 0.00000161. The minimum Gasteiger partial charge on any atom is -0.352 e. The number of hydrogen-bond donors (Lipinski definition) is 2. The minimum absolute atomic E-state index is 0. The van der Waals surface area contributed by atoms with Crippen LogP contribution in [0, 0.1) is 11.7 Å². The zero-order valence-electron chi connectivity index (χ0n) is 12.1. The number of benzene rings is 1.